The number of benzene rings is 1. The number of hydrogen-bond donors (Lipinski definition) is 3. The van der Waals surface area contributed by atoms with Crippen molar-refractivity contribution in [2.24, 2.45) is 11.8 Å². The average molecular weight is 405 g/mol. The minimum Gasteiger partial charge on any atom is -0.481 e. The fourth-order valence-electron chi connectivity index (χ4n) is 4.30. The molecule has 0 spiro atoms. The maximum Gasteiger partial charge on any atom is 0.303 e. The van der Waals surface area contributed by atoms with Crippen LogP contribution >= 0.6 is 0 Å². The van der Waals surface area contributed by atoms with Gasteiger partial charge in [0.25, 0.3) is 0 Å². The molecule has 1 fully saturated rings. The molecular formula is C24H33FO4. The van der Waals surface area contributed by atoms with Crippen LogP contribution < -0.4 is 0 Å². The Labute approximate surface area is 173 Å². The molecule has 0 aliphatic heterocycles. The van der Waals surface area contributed by atoms with Gasteiger partial charge in [-0.2, -0.15) is 0 Å². The predicted molar refractivity (Wildman–Crippen MR) is 111 cm³/mol. The lowest BCUT2D eigenvalue weighted by Crippen LogP contribution is -2.22. The topological polar surface area (TPSA) is 77.8 Å². The molecule has 0 aromatic heterocycles. The van der Waals surface area contributed by atoms with Gasteiger partial charge in [-0.25, -0.2) is 4.39 Å². The van der Waals surface area contributed by atoms with Crippen LogP contribution in [-0.4, -0.2) is 33.5 Å². The van der Waals surface area contributed by atoms with E-state index in [0.29, 0.717) is 31.2 Å². The molecule has 0 radical (unpaired) electrons. The van der Waals surface area contributed by atoms with Gasteiger partial charge in [-0.1, -0.05) is 43.4 Å². The van der Waals surface area contributed by atoms with Gasteiger partial charge in [0.15, 0.2) is 0 Å². The Morgan fingerprint density at radius 1 is 0.966 bits per heavy atom. The van der Waals surface area contributed by atoms with E-state index in [1.807, 2.05) is 0 Å². The molecule has 0 amide bonds. The summed E-state index contributed by atoms with van der Waals surface area (Å²) < 4.78 is 13.6. The van der Waals surface area contributed by atoms with Crippen LogP contribution in [0.4, 0.5) is 4.39 Å². The van der Waals surface area contributed by atoms with Crippen LogP contribution in [0.2, 0.25) is 0 Å². The van der Waals surface area contributed by atoms with Crippen molar-refractivity contribution in [3.63, 3.8) is 0 Å². The van der Waals surface area contributed by atoms with Crippen LogP contribution in [-0.2, 0) is 11.2 Å². The lowest BCUT2D eigenvalue weighted by molar-refractivity contribution is -0.137. The Morgan fingerprint density at radius 2 is 1.62 bits per heavy atom. The summed E-state index contributed by atoms with van der Waals surface area (Å²) in [5.41, 5.74) is 0.609. The third-order valence-electron chi connectivity index (χ3n) is 5.90. The Hall–Kier alpha value is -1.90. The van der Waals surface area contributed by atoms with Gasteiger partial charge < -0.3 is 15.3 Å². The molecule has 1 aromatic rings. The second-order valence-corrected chi connectivity index (χ2v) is 8.06. The van der Waals surface area contributed by atoms with E-state index in [9.17, 15) is 19.4 Å². The van der Waals surface area contributed by atoms with E-state index in [0.717, 1.165) is 38.5 Å². The maximum absolute atomic E-state index is 13.6. The van der Waals surface area contributed by atoms with Crippen molar-refractivity contribution in [2.75, 3.05) is 0 Å². The molecule has 5 heteroatoms. The summed E-state index contributed by atoms with van der Waals surface area (Å²) in [6.45, 7) is 0. The van der Waals surface area contributed by atoms with Crippen molar-refractivity contribution >= 4 is 5.97 Å². The number of aliphatic hydroxyl groups excluding tert-OH is 2. The van der Waals surface area contributed by atoms with E-state index in [4.69, 9.17) is 5.11 Å². The van der Waals surface area contributed by atoms with Crippen molar-refractivity contribution < 1.29 is 24.5 Å². The summed E-state index contributed by atoms with van der Waals surface area (Å²) in [5.74, 6) is 5.33. The Morgan fingerprint density at radius 3 is 2.31 bits per heavy atom. The van der Waals surface area contributed by atoms with Gasteiger partial charge in [0.05, 0.1) is 12.2 Å². The molecule has 3 N–H and O–H groups in total. The standard InChI is InChI=1S/C24H33FO4/c25-21-15-10-9-12-18(21)11-5-1-2-6-13-19-20(23(27)17-22(19)26)14-7-3-4-8-16-24(28)29/h9-10,12,15,19-20,22-23,26-27H,2-4,6-8,11,13-14,16-17H2,(H,28,29). The number of rotatable bonds is 11. The molecule has 2 rings (SSSR count). The predicted octanol–water partition coefficient (Wildman–Crippen LogP) is 4.33. The van der Waals surface area contributed by atoms with Gasteiger partial charge in [-0.05, 0) is 55.6 Å². The number of hydrogen-bond acceptors (Lipinski definition) is 3. The first-order valence-corrected chi connectivity index (χ1v) is 10.8. The summed E-state index contributed by atoms with van der Waals surface area (Å²) in [4.78, 5) is 10.5. The van der Waals surface area contributed by atoms with Crippen molar-refractivity contribution in [1.29, 1.82) is 0 Å². The fraction of sp³-hybridized carbons (Fsp3) is 0.625. The van der Waals surface area contributed by atoms with Gasteiger partial charge in [-0.3, -0.25) is 4.79 Å². The molecule has 4 nitrogen and oxygen atoms in total. The summed E-state index contributed by atoms with van der Waals surface area (Å²) in [7, 11) is 0. The lowest BCUT2D eigenvalue weighted by atomic mass is 9.85. The van der Waals surface area contributed by atoms with Gasteiger partial charge in [0, 0.05) is 19.3 Å². The monoisotopic (exact) mass is 404 g/mol. The Balaban J connectivity index is 1.68. The lowest BCUT2D eigenvalue weighted by Gasteiger charge is -2.23. The van der Waals surface area contributed by atoms with Crippen LogP contribution in [0.1, 0.15) is 69.8 Å². The zero-order valence-corrected chi connectivity index (χ0v) is 17.0. The molecule has 1 aromatic carbocycles. The first-order chi connectivity index (χ1) is 14.0. The number of aliphatic carboxylic acids is 1. The Bertz CT molecular complexity index is 694. The number of carboxylic acid groups (broad SMARTS) is 1. The molecule has 4 atom stereocenters. The van der Waals surface area contributed by atoms with E-state index in [-0.39, 0.29) is 24.1 Å². The van der Waals surface area contributed by atoms with Gasteiger partial charge >= 0.3 is 5.97 Å². The van der Waals surface area contributed by atoms with Gasteiger partial charge in [-0.15, -0.1) is 5.92 Å². The summed E-state index contributed by atoms with van der Waals surface area (Å²) >= 11 is 0. The molecule has 0 heterocycles. The third-order valence-corrected chi connectivity index (χ3v) is 5.90. The summed E-state index contributed by atoms with van der Waals surface area (Å²) in [6.07, 6.45) is 6.89. The molecule has 29 heavy (non-hydrogen) atoms. The first-order valence-electron chi connectivity index (χ1n) is 10.8. The zero-order chi connectivity index (χ0) is 21.1. The highest BCUT2D eigenvalue weighted by atomic mass is 19.1. The fourth-order valence-corrected chi connectivity index (χ4v) is 4.30. The average Bonchev–Trinajstić information content (AvgIpc) is 2.95. The zero-order valence-electron chi connectivity index (χ0n) is 17.0. The molecular weight excluding hydrogens is 371 g/mol. The van der Waals surface area contributed by atoms with Crippen LogP contribution in [0.5, 0.6) is 0 Å². The summed E-state index contributed by atoms with van der Waals surface area (Å²) in [5, 5.41) is 29.3. The van der Waals surface area contributed by atoms with Crippen LogP contribution in [0, 0.1) is 29.5 Å². The quantitative estimate of drug-likeness (QED) is 0.379. The number of halogens is 1. The SMILES string of the molecule is O=C(O)CCCCCCC1C(O)CC(O)C1CCCC#CCc1ccccc1F. The number of carbonyl (C=O) groups is 1. The third kappa shape index (κ3) is 8.16. The maximum atomic E-state index is 13.6. The Kier molecular flexibility index (Phi) is 10.2. The molecule has 1 aliphatic rings. The van der Waals surface area contributed by atoms with Crippen molar-refractivity contribution in [1.82, 2.24) is 0 Å². The van der Waals surface area contributed by atoms with Crippen LogP contribution in [0.3, 0.4) is 0 Å². The second-order valence-electron chi connectivity index (χ2n) is 8.06. The van der Waals surface area contributed by atoms with Crippen LogP contribution in [0.25, 0.3) is 0 Å². The highest BCUT2D eigenvalue weighted by molar-refractivity contribution is 5.66. The smallest absolute Gasteiger partial charge is 0.303 e. The molecule has 1 aliphatic carbocycles. The number of aliphatic hydroxyl groups is 2. The minimum atomic E-state index is -0.753. The largest absolute Gasteiger partial charge is 0.481 e. The van der Waals surface area contributed by atoms with E-state index in [1.165, 1.54) is 6.07 Å². The van der Waals surface area contributed by atoms with E-state index in [1.54, 1.807) is 18.2 Å². The molecule has 160 valence electrons. The van der Waals surface area contributed by atoms with E-state index in [2.05, 4.69) is 11.8 Å². The molecule has 0 bridgehead atoms. The van der Waals surface area contributed by atoms with Crippen LogP contribution in [0.15, 0.2) is 24.3 Å². The summed E-state index contributed by atoms with van der Waals surface area (Å²) in [6, 6.07) is 6.65. The normalized spacial score (nSPS) is 23.6. The molecule has 4 unspecified atom stereocenters. The first kappa shape index (κ1) is 23.4. The molecule has 0 saturated heterocycles. The van der Waals surface area contributed by atoms with Gasteiger partial charge in [0.1, 0.15) is 5.82 Å². The highest BCUT2D eigenvalue weighted by Gasteiger charge is 2.40. The van der Waals surface area contributed by atoms with E-state index >= 15 is 0 Å². The highest BCUT2D eigenvalue weighted by Crippen LogP contribution is 2.39. The van der Waals surface area contributed by atoms with Crippen molar-refractivity contribution in [3.05, 3.63) is 35.6 Å². The molecule has 1 saturated carbocycles. The number of carboxylic acids is 1. The second kappa shape index (κ2) is 12.6. The van der Waals surface area contributed by atoms with Crippen molar-refractivity contribution in [2.45, 2.75) is 82.8 Å². The minimum absolute atomic E-state index is 0.0948. The van der Waals surface area contributed by atoms with Crippen molar-refractivity contribution in [3.8, 4) is 11.8 Å². The van der Waals surface area contributed by atoms with Gasteiger partial charge in [0.2, 0.25) is 0 Å². The van der Waals surface area contributed by atoms with E-state index < -0.39 is 18.2 Å². The number of unbranched alkanes of at least 4 members (excludes halogenated alkanes) is 4.